The van der Waals surface area contributed by atoms with Crippen LogP contribution in [0.2, 0.25) is 0 Å². The van der Waals surface area contributed by atoms with Crippen LogP contribution in [0.5, 0.6) is 5.88 Å². The zero-order valence-corrected chi connectivity index (χ0v) is 20.1. The Morgan fingerprint density at radius 1 is 1.22 bits per heavy atom. The van der Waals surface area contributed by atoms with E-state index >= 15 is 0 Å². The molecule has 0 amide bonds. The highest BCUT2D eigenvalue weighted by Gasteiger charge is 2.22. The van der Waals surface area contributed by atoms with Gasteiger partial charge in [0.2, 0.25) is 5.88 Å². The molecule has 0 spiro atoms. The van der Waals surface area contributed by atoms with Crippen LogP contribution in [0.1, 0.15) is 26.6 Å². The monoisotopic (exact) mass is 503 g/mol. The van der Waals surface area contributed by atoms with E-state index in [0.29, 0.717) is 35.2 Å². The molecule has 182 valence electrons. The highest BCUT2D eigenvalue weighted by Crippen LogP contribution is 2.34. The van der Waals surface area contributed by atoms with Crippen molar-refractivity contribution in [2.24, 2.45) is 0 Å². The van der Waals surface area contributed by atoms with E-state index in [9.17, 15) is 15.2 Å². The number of aromatic carboxylic acids is 1. The molecule has 36 heavy (non-hydrogen) atoms. The Bertz CT molecular complexity index is 1430. The van der Waals surface area contributed by atoms with E-state index in [4.69, 9.17) is 14.0 Å². The smallest absolute Gasteiger partial charge is 0.336 e. The number of aromatic nitrogens is 3. The van der Waals surface area contributed by atoms with Crippen LogP contribution in [0.25, 0.3) is 22.7 Å². The molecule has 0 unspecified atom stereocenters. The Balaban J connectivity index is 1.53. The number of nitrogens with zero attached hydrogens (tertiary/aromatic N) is 5. The largest absolute Gasteiger partial charge is 0.478 e. The zero-order chi connectivity index (χ0) is 25.1. The first kappa shape index (κ1) is 23.5. The first-order chi connectivity index (χ1) is 17.5. The van der Waals surface area contributed by atoms with Crippen LogP contribution in [0, 0.1) is 18.3 Å². The van der Waals surface area contributed by atoms with Crippen LogP contribution in [-0.2, 0) is 11.3 Å². The van der Waals surface area contributed by atoms with Gasteiger partial charge in [-0.1, -0.05) is 17.3 Å². The summed E-state index contributed by atoms with van der Waals surface area (Å²) in [7, 11) is 0. The number of hydrogen-bond donors (Lipinski definition) is 1. The van der Waals surface area contributed by atoms with Crippen molar-refractivity contribution in [3.8, 4) is 34.7 Å². The van der Waals surface area contributed by atoms with Crippen LogP contribution in [-0.4, -0.2) is 52.5 Å². The van der Waals surface area contributed by atoms with Crippen molar-refractivity contribution < 1.29 is 23.9 Å². The molecule has 10 nitrogen and oxygen atoms in total. The molecule has 1 saturated heterocycles. The first-order valence-electron chi connectivity index (χ1n) is 11.1. The number of ether oxygens (including phenoxy) is 2. The molecule has 1 aliphatic rings. The van der Waals surface area contributed by atoms with Crippen LogP contribution in [0.3, 0.4) is 0 Å². The molecule has 1 N–H and O–H groups in total. The quantitative estimate of drug-likeness (QED) is 0.392. The van der Waals surface area contributed by atoms with Gasteiger partial charge in [-0.05, 0) is 36.6 Å². The van der Waals surface area contributed by atoms with Crippen LogP contribution in [0.15, 0.2) is 46.3 Å². The van der Waals surface area contributed by atoms with Gasteiger partial charge < -0.3 is 24.0 Å². The van der Waals surface area contributed by atoms with Gasteiger partial charge in [-0.3, -0.25) is 0 Å². The Kier molecular flexibility index (Phi) is 6.62. The average Bonchev–Trinajstić information content (AvgIpc) is 3.56. The lowest BCUT2D eigenvalue weighted by molar-refractivity contribution is 0.0694. The molecule has 0 radical (unpaired) electrons. The second-order valence-electron chi connectivity index (χ2n) is 7.99. The van der Waals surface area contributed by atoms with Gasteiger partial charge in [0, 0.05) is 24.3 Å². The number of carboxylic acid groups (broad SMARTS) is 1. The number of thiophene rings is 1. The number of benzene rings is 1. The lowest BCUT2D eigenvalue weighted by atomic mass is 10.0. The predicted molar refractivity (Wildman–Crippen MR) is 131 cm³/mol. The highest BCUT2D eigenvalue weighted by atomic mass is 32.1. The number of anilines is 1. The zero-order valence-electron chi connectivity index (χ0n) is 19.3. The lowest BCUT2D eigenvalue weighted by Crippen LogP contribution is -2.36. The van der Waals surface area contributed by atoms with Crippen molar-refractivity contribution in [2.75, 3.05) is 31.2 Å². The summed E-state index contributed by atoms with van der Waals surface area (Å²) in [5, 5.41) is 24.9. The molecule has 0 saturated carbocycles. The maximum atomic E-state index is 11.5. The third-order valence-electron chi connectivity index (χ3n) is 5.71. The molecule has 0 aliphatic carbocycles. The van der Waals surface area contributed by atoms with Gasteiger partial charge >= 0.3 is 5.97 Å². The Hall–Kier alpha value is -4.27. The Labute approximate surface area is 210 Å². The molecule has 11 heteroatoms. The van der Waals surface area contributed by atoms with E-state index in [0.717, 1.165) is 24.3 Å². The van der Waals surface area contributed by atoms with Crippen LogP contribution >= 0.6 is 11.3 Å². The van der Waals surface area contributed by atoms with Crippen molar-refractivity contribution >= 4 is 23.0 Å². The van der Waals surface area contributed by atoms with Crippen molar-refractivity contribution in [3.63, 3.8) is 0 Å². The molecular weight excluding hydrogens is 482 g/mol. The second-order valence-corrected chi connectivity index (χ2v) is 8.99. The maximum Gasteiger partial charge on any atom is 0.336 e. The summed E-state index contributed by atoms with van der Waals surface area (Å²) in [5.74, 6) is -0.388. The van der Waals surface area contributed by atoms with E-state index < -0.39 is 5.97 Å². The number of hydrogen-bond acceptors (Lipinski definition) is 10. The van der Waals surface area contributed by atoms with Gasteiger partial charge in [0.05, 0.1) is 34.9 Å². The highest BCUT2D eigenvalue weighted by molar-refractivity contribution is 7.10. The minimum Gasteiger partial charge on any atom is -0.478 e. The number of pyridine rings is 1. The Morgan fingerprint density at radius 3 is 2.67 bits per heavy atom. The Morgan fingerprint density at radius 2 is 2.00 bits per heavy atom. The number of carboxylic acids is 1. The molecule has 0 atom stereocenters. The van der Waals surface area contributed by atoms with Gasteiger partial charge in [0.15, 0.2) is 5.82 Å². The summed E-state index contributed by atoms with van der Waals surface area (Å²) in [6, 6.07) is 13.3. The maximum absolute atomic E-state index is 11.5. The fraction of sp³-hybridized carbons (Fsp3) is 0.240. The first-order valence-corrected chi connectivity index (χ1v) is 12.0. The number of rotatable bonds is 7. The number of carbonyl (C=O) groups is 1. The van der Waals surface area contributed by atoms with Gasteiger partial charge in [0.1, 0.15) is 18.2 Å². The summed E-state index contributed by atoms with van der Waals surface area (Å²) in [6.07, 6.45) is 0. The van der Waals surface area contributed by atoms with E-state index in [-0.39, 0.29) is 29.5 Å². The molecule has 1 aliphatic heterocycles. The van der Waals surface area contributed by atoms with Crippen molar-refractivity contribution in [2.45, 2.75) is 13.5 Å². The SMILES string of the molecule is Cc1noc(-c2cc(-c3ccc(N4CCOCC4)cc3)nc(OCc3sccc3C(=O)O)c2C#N)n1. The normalized spacial score (nSPS) is 13.4. The molecule has 1 fully saturated rings. The lowest BCUT2D eigenvalue weighted by Gasteiger charge is -2.28. The topological polar surface area (TPSA) is 135 Å². The summed E-state index contributed by atoms with van der Waals surface area (Å²) in [6.45, 7) is 4.68. The van der Waals surface area contributed by atoms with Crippen LogP contribution < -0.4 is 9.64 Å². The second kappa shape index (κ2) is 10.2. The van der Waals surface area contributed by atoms with E-state index in [1.165, 1.54) is 17.4 Å². The van der Waals surface area contributed by atoms with Gasteiger partial charge in [-0.25, -0.2) is 9.78 Å². The molecule has 0 bridgehead atoms. The van der Waals surface area contributed by atoms with E-state index in [1.54, 1.807) is 18.4 Å². The molecule has 1 aromatic carbocycles. The number of aryl methyl sites for hydroxylation is 1. The summed E-state index contributed by atoms with van der Waals surface area (Å²) >= 11 is 1.26. The summed E-state index contributed by atoms with van der Waals surface area (Å²) < 4.78 is 16.7. The van der Waals surface area contributed by atoms with Crippen LogP contribution in [0.4, 0.5) is 5.69 Å². The van der Waals surface area contributed by atoms with Crippen molar-refractivity contribution in [1.82, 2.24) is 15.1 Å². The molecule has 4 heterocycles. The van der Waals surface area contributed by atoms with Gasteiger partial charge in [0.25, 0.3) is 5.89 Å². The number of morpholine rings is 1. The van der Waals surface area contributed by atoms with Gasteiger partial charge in [-0.15, -0.1) is 11.3 Å². The summed E-state index contributed by atoms with van der Waals surface area (Å²) in [5.41, 5.74) is 3.11. The van der Waals surface area contributed by atoms with E-state index in [2.05, 4.69) is 26.1 Å². The van der Waals surface area contributed by atoms with Crippen molar-refractivity contribution in [3.05, 3.63) is 63.6 Å². The number of nitriles is 1. The third-order valence-corrected chi connectivity index (χ3v) is 6.61. The third kappa shape index (κ3) is 4.77. The van der Waals surface area contributed by atoms with E-state index in [1.807, 2.05) is 24.3 Å². The average molecular weight is 504 g/mol. The fourth-order valence-corrected chi connectivity index (χ4v) is 4.68. The fourth-order valence-electron chi connectivity index (χ4n) is 3.90. The molecule has 3 aromatic heterocycles. The minimum absolute atomic E-state index is 0.0529. The summed E-state index contributed by atoms with van der Waals surface area (Å²) in [4.78, 5) is 23.1. The van der Waals surface area contributed by atoms with Crippen molar-refractivity contribution in [1.29, 1.82) is 5.26 Å². The molecule has 4 aromatic rings. The molecule has 5 rings (SSSR count). The van der Waals surface area contributed by atoms with Gasteiger partial charge in [-0.2, -0.15) is 10.2 Å². The minimum atomic E-state index is -1.04. The predicted octanol–water partition coefficient (Wildman–Crippen LogP) is 4.15. The molecular formula is C25H21N5O5S. The standard InChI is InChI=1S/C25H21N5O5S/c1-15-27-24(35-29-15)19-12-21(16-2-4-17(5-3-16)30-7-9-33-10-8-30)28-23(20(19)13-26)34-14-22-18(25(31)32)6-11-36-22/h2-6,11-12H,7-10,14H2,1H3,(H,31,32).